The Morgan fingerprint density at radius 2 is 2.17 bits per heavy atom. The SMILES string of the molecule is COCCc1nsc(N2CCCC(c3n[nH]c(C4CC4)n3)C2)n1. The molecule has 2 fully saturated rings. The zero-order valence-electron chi connectivity index (χ0n) is 13.4. The largest absolute Gasteiger partial charge is 0.384 e. The molecule has 3 heterocycles. The fourth-order valence-corrected chi connectivity index (χ4v) is 3.79. The van der Waals surface area contributed by atoms with Crippen LogP contribution in [-0.2, 0) is 11.2 Å². The van der Waals surface area contributed by atoms with Gasteiger partial charge in [0.1, 0.15) is 11.6 Å². The molecule has 4 rings (SSSR count). The van der Waals surface area contributed by atoms with Crippen LogP contribution in [0, 0.1) is 0 Å². The lowest BCUT2D eigenvalue weighted by Gasteiger charge is -2.30. The van der Waals surface area contributed by atoms with Gasteiger partial charge < -0.3 is 9.64 Å². The molecule has 0 radical (unpaired) electrons. The Hall–Kier alpha value is -1.54. The summed E-state index contributed by atoms with van der Waals surface area (Å²) in [6.07, 6.45) is 5.57. The molecule has 0 amide bonds. The minimum atomic E-state index is 0.388. The molecule has 1 saturated carbocycles. The van der Waals surface area contributed by atoms with Gasteiger partial charge in [0.05, 0.1) is 6.61 Å². The number of aromatic nitrogens is 5. The van der Waals surface area contributed by atoms with E-state index in [1.165, 1.54) is 24.4 Å². The predicted octanol–water partition coefficient (Wildman–Crippen LogP) is 2.11. The van der Waals surface area contributed by atoms with Gasteiger partial charge in [-0.05, 0) is 25.7 Å². The highest BCUT2D eigenvalue weighted by Crippen LogP contribution is 2.38. The average molecular weight is 334 g/mol. The quantitative estimate of drug-likeness (QED) is 0.871. The summed E-state index contributed by atoms with van der Waals surface area (Å²) in [5.41, 5.74) is 0. The van der Waals surface area contributed by atoms with Crippen molar-refractivity contribution in [2.24, 2.45) is 0 Å². The minimum Gasteiger partial charge on any atom is -0.384 e. The van der Waals surface area contributed by atoms with E-state index in [2.05, 4.69) is 24.5 Å². The van der Waals surface area contributed by atoms with Crippen molar-refractivity contribution in [2.45, 2.75) is 43.9 Å². The maximum absolute atomic E-state index is 5.09. The van der Waals surface area contributed by atoms with Crippen LogP contribution in [0.25, 0.3) is 0 Å². The van der Waals surface area contributed by atoms with Crippen molar-refractivity contribution in [2.75, 3.05) is 31.7 Å². The van der Waals surface area contributed by atoms with Crippen molar-refractivity contribution in [1.29, 1.82) is 0 Å². The number of aromatic amines is 1. The lowest BCUT2D eigenvalue weighted by molar-refractivity contribution is 0.201. The van der Waals surface area contributed by atoms with Crippen LogP contribution in [0.4, 0.5) is 5.13 Å². The number of rotatable bonds is 6. The van der Waals surface area contributed by atoms with Gasteiger partial charge in [-0.25, -0.2) is 9.97 Å². The Bertz CT molecular complexity index is 652. The molecule has 23 heavy (non-hydrogen) atoms. The van der Waals surface area contributed by atoms with Gasteiger partial charge in [0.25, 0.3) is 0 Å². The maximum Gasteiger partial charge on any atom is 0.205 e. The molecular weight excluding hydrogens is 312 g/mol. The molecule has 7 nitrogen and oxygen atoms in total. The van der Waals surface area contributed by atoms with E-state index in [9.17, 15) is 0 Å². The van der Waals surface area contributed by atoms with Crippen molar-refractivity contribution in [3.05, 3.63) is 17.5 Å². The highest BCUT2D eigenvalue weighted by atomic mass is 32.1. The molecular formula is C15H22N6OS. The second-order valence-corrected chi connectivity index (χ2v) is 7.10. The van der Waals surface area contributed by atoms with Crippen LogP contribution in [0.3, 0.4) is 0 Å². The highest BCUT2D eigenvalue weighted by Gasteiger charge is 2.30. The van der Waals surface area contributed by atoms with Crippen LogP contribution in [0.2, 0.25) is 0 Å². The Labute approximate surface area is 139 Å². The molecule has 8 heteroatoms. The van der Waals surface area contributed by atoms with E-state index in [0.29, 0.717) is 18.4 Å². The van der Waals surface area contributed by atoms with Gasteiger partial charge in [0.2, 0.25) is 5.13 Å². The molecule has 1 aliphatic carbocycles. The van der Waals surface area contributed by atoms with Gasteiger partial charge >= 0.3 is 0 Å². The van der Waals surface area contributed by atoms with Crippen molar-refractivity contribution in [1.82, 2.24) is 24.5 Å². The molecule has 2 aliphatic rings. The molecule has 1 unspecified atom stereocenters. The zero-order valence-corrected chi connectivity index (χ0v) is 14.2. The maximum atomic E-state index is 5.09. The van der Waals surface area contributed by atoms with E-state index in [1.807, 2.05) is 0 Å². The third-order valence-corrected chi connectivity index (χ3v) is 5.34. The number of nitrogens with one attached hydrogen (secondary N) is 1. The standard InChI is InChI=1S/C15H22N6OS/c1-22-8-6-12-16-15(23-20-12)21-7-2-3-11(9-21)14-17-13(18-19-14)10-4-5-10/h10-11H,2-9H2,1H3,(H,17,18,19). The van der Waals surface area contributed by atoms with Crippen LogP contribution in [0.15, 0.2) is 0 Å². The van der Waals surface area contributed by atoms with Gasteiger partial charge in [-0.3, -0.25) is 5.10 Å². The van der Waals surface area contributed by atoms with E-state index < -0.39 is 0 Å². The number of hydrogen-bond acceptors (Lipinski definition) is 7. The lowest BCUT2D eigenvalue weighted by atomic mass is 9.98. The topological polar surface area (TPSA) is 79.8 Å². The summed E-state index contributed by atoms with van der Waals surface area (Å²) in [6, 6.07) is 0. The summed E-state index contributed by atoms with van der Waals surface area (Å²) >= 11 is 1.48. The van der Waals surface area contributed by atoms with Gasteiger partial charge in [-0.1, -0.05) is 0 Å². The first-order valence-corrected chi connectivity index (χ1v) is 9.09. The molecule has 1 atom stereocenters. The average Bonchev–Trinajstić information content (AvgIpc) is 3.13. The van der Waals surface area contributed by atoms with Crippen LogP contribution in [0.5, 0.6) is 0 Å². The first-order valence-electron chi connectivity index (χ1n) is 8.32. The molecule has 1 N–H and O–H groups in total. The van der Waals surface area contributed by atoms with Crippen molar-refractivity contribution >= 4 is 16.7 Å². The number of nitrogens with zero attached hydrogens (tertiary/aromatic N) is 5. The van der Waals surface area contributed by atoms with E-state index >= 15 is 0 Å². The summed E-state index contributed by atoms with van der Waals surface area (Å²) < 4.78 is 9.53. The second kappa shape index (κ2) is 6.52. The Morgan fingerprint density at radius 1 is 1.26 bits per heavy atom. The molecule has 1 saturated heterocycles. The smallest absolute Gasteiger partial charge is 0.205 e. The fraction of sp³-hybridized carbons (Fsp3) is 0.733. The molecule has 0 spiro atoms. The Morgan fingerprint density at radius 3 is 3.00 bits per heavy atom. The number of H-pyrrole nitrogens is 1. The first kappa shape index (κ1) is 15.0. The first-order chi connectivity index (χ1) is 11.3. The van der Waals surface area contributed by atoms with E-state index in [1.54, 1.807) is 7.11 Å². The summed E-state index contributed by atoms with van der Waals surface area (Å²) in [5.74, 6) is 3.94. The third-order valence-electron chi connectivity index (χ3n) is 4.53. The molecule has 2 aromatic rings. The molecule has 2 aromatic heterocycles. The van der Waals surface area contributed by atoms with Gasteiger partial charge in [0, 0.05) is 50.0 Å². The van der Waals surface area contributed by atoms with Crippen molar-refractivity contribution < 1.29 is 4.74 Å². The van der Waals surface area contributed by atoms with Crippen LogP contribution < -0.4 is 4.90 Å². The lowest BCUT2D eigenvalue weighted by Crippen LogP contribution is -2.34. The predicted molar refractivity (Wildman–Crippen MR) is 88.0 cm³/mol. The summed E-state index contributed by atoms with van der Waals surface area (Å²) in [4.78, 5) is 11.7. The van der Waals surface area contributed by atoms with Gasteiger partial charge in [-0.15, -0.1) is 0 Å². The van der Waals surface area contributed by atoms with Gasteiger partial charge in [0.15, 0.2) is 5.82 Å². The van der Waals surface area contributed by atoms with Gasteiger partial charge in [-0.2, -0.15) is 9.47 Å². The highest BCUT2D eigenvalue weighted by molar-refractivity contribution is 7.09. The summed E-state index contributed by atoms with van der Waals surface area (Å²) in [7, 11) is 1.70. The summed E-state index contributed by atoms with van der Waals surface area (Å²) in [5, 5.41) is 8.60. The number of piperidine rings is 1. The fourth-order valence-electron chi connectivity index (χ4n) is 3.04. The van der Waals surface area contributed by atoms with E-state index in [4.69, 9.17) is 9.72 Å². The van der Waals surface area contributed by atoms with Crippen LogP contribution in [-0.4, -0.2) is 51.3 Å². The normalized spacial score (nSPS) is 21.8. The number of methoxy groups -OCH3 is 1. The monoisotopic (exact) mass is 334 g/mol. The number of hydrogen-bond donors (Lipinski definition) is 1. The number of ether oxygens (including phenoxy) is 1. The number of anilines is 1. The van der Waals surface area contributed by atoms with Crippen molar-refractivity contribution in [3.63, 3.8) is 0 Å². The molecule has 1 aliphatic heterocycles. The zero-order chi connectivity index (χ0) is 15.6. The van der Waals surface area contributed by atoms with E-state index in [-0.39, 0.29) is 0 Å². The van der Waals surface area contributed by atoms with E-state index in [0.717, 1.165) is 55.0 Å². The molecule has 124 valence electrons. The second-order valence-electron chi connectivity index (χ2n) is 6.37. The summed E-state index contributed by atoms with van der Waals surface area (Å²) in [6.45, 7) is 2.64. The van der Waals surface area contributed by atoms with Crippen LogP contribution in [0.1, 0.15) is 55.0 Å². The Kier molecular flexibility index (Phi) is 4.26. The minimum absolute atomic E-state index is 0.388. The third kappa shape index (κ3) is 3.37. The molecule has 0 aromatic carbocycles. The Balaban J connectivity index is 1.42. The molecule has 0 bridgehead atoms. The van der Waals surface area contributed by atoms with Crippen molar-refractivity contribution in [3.8, 4) is 0 Å². The van der Waals surface area contributed by atoms with Crippen LogP contribution >= 0.6 is 11.5 Å².